The number of cyclic esters (lactones) is 1. The van der Waals surface area contributed by atoms with Crippen LogP contribution >= 0.6 is 11.6 Å². The van der Waals surface area contributed by atoms with Crippen molar-refractivity contribution in [3.05, 3.63) is 88.1 Å². The quantitative estimate of drug-likeness (QED) is 0.258. The van der Waals surface area contributed by atoms with Crippen molar-refractivity contribution < 1.29 is 28.6 Å². The number of aromatic nitrogens is 3. The zero-order chi connectivity index (χ0) is 29.9. The average Bonchev–Trinajstić information content (AvgIpc) is 3.57. The molecule has 0 aliphatic carbocycles. The number of piperidine rings is 1. The van der Waals surface area contributed by atoms with E-state index in [0.29, 0.717) is 54.8 Å². The zero-order valence-electron chi connectivity index (χ0n) is 23.4. The Labute approximate surface area is 252 Å². The summed E-state index contributed by atoms with van der Waals surface area (Å²) in [6.45, 7) is 4.09. The van der Waals surface area contributed by atoms with Gasteiger partial charge in [-0.25, -0.2) is 23.9 Å². The molecule has 2 saturated heterocycles. The maximum absolute atomic E-state index is 14.3. The van der Waals surface area contributed by atoms with Crippen molar-refractivity contribution in [3.8, 4) is 5.88 Å². The topological polar surface area (TPSA) is 110 Å². The number of benzene rings is 2. The second-order valence-electron chi connectivity index (χ2n) is 10.8. The summed E-state index contributed by atoms with van der Waals surface area (Å²) in [6.07, 6.45) is 3.09. The Hall–Kier alpha value is -4.22. The number of fused-ring (bicyclic) bond motifs is 1. The number of nitrogens with zero attached hydrogens (tertiary/aromatic N) is 5. The number of hydrogen-bond acceptors (Lipinski definition) is 7. The predicted molar refractivity (Wildman–Crippen MR) is 157 cm³/mol. The first-order valence-electron chi connectivity index (χ1n) is 14.2. The first kappa shape index (κ1) is 28.9. The molecule has 0 saturated carbocycles. The lowest BCUT2D eigenvalue weighted by Gasteiger charge is -2.32. The number of pyridine rings is 1. The number of hydrogen-bond donors (Lipinski definition) is 1. The lowest BCUT2D eigenvalue weighted by Crippen LogP contribution is -2.34. The number of amides is 1. The number of carboxylic acids is 1. The molecule has 2 aromatic heterocycles. The Bertz CT molecular complexity index is 1660. The summed E-state index contributed by atoms with van der Waals surface area (Å²) >= 11 is 5.88. The minimum absolute atomic E-state index is 0.0564. The number of likely N-dealkylation sites (tertiary alicyclic amines) is 1. The van der Waals surface area contributed by atoms with Crippen LogP contribution in [-0.4, -0.2) is 74.3 Å². The molecule has 1 amide bonds. The third kappa shape index (κ3) is 6.42. The Morgan fingerprint density at radius 2 is 1.95 bits per heavy atom. The van der Waals surface area contributed by atoms with Gasteiger partial charge >= 0.3 is 12.1 Å². The van der Waals surface area contributed by atoms with Gasteiger partial charge in [-0.15, -0.1) is 0 Å². The van der Waals surface area contributed by atoms with Crippen LogP contribution in [0.4, 0.5) is 9.18 Å². The molecule has 224 valence electrons. The summed E-state index contributed by atoms with van der Waals surface area (Å²) in [7, 11) is 0. The Kier molecular flexibility index (Phi) is 8.44. The number of carboxylic acid groups (broad SMARTS) is 1. The highest BCUT2D eigenvalue weighted by Crippen LogP contribution is 2.34. The largest absolute Gasteiger partial charge is 0.478 e. The summed E-state index contributed by atoms with van der Waals surface area (Å²) in [5.74, 6) is 0.140. The van der Waals surface area contributed by atoms with Crippen molar-refractivity contribution in [1.82, 2.24) is 24.3 Å². The van der Waals surface area contributed by atoms with Gasteiger partial charge in [0.2, 0.25) is 5.88 Å². The molecule has 0 atom stereocenters. The summed E-state index contributed by atoms with van der Waals surface area (Å²) < 4.78 is 27.3. The van der Waals surface area contributed by atoms with Crippen molar-refractivity contribution in [2.75, 3.05) is 32.8 Å². The third-order valence-corrected chi connectivity index (χ3v) is 8.32. The molecule has 2 fully saturated rings. The van der Waals surface area contributed by atoms with E-state index in [-0.39, 0.29) is 24.2 Å². The van der Waals surface area contributed by atoms with Gasteiger partial charge in [0.1, 0.15) is 24.9 Å². The van der Waals surface area contributed by atoms with Crippen LogP contribution in [0.1, 0.15) is 46.1 Å². The van der Waals surface area contributed by atoms with Gasteiger partial charge in [0.05, 0.1) is 29.7 Å². The summed E-state index contributed by atoms with van der Waals surface area (Å²) in [4.78, 5) is 36.9. The van der Waals surface area contributed by atoms with Crippen LogP contribution in [-0.2, 0) is 24.4 Å². The predicted octanol–water partition coefficient (Wildman–Crippen LogP) is 5.33. The van der Waals surface area contributed by atoms with E-state index in [1.807, 2.05) is 16.7 Å². The first-order valence-corrected chi connectivity index (χ1v) is 14.6. The normalized spacial score (nSPS) is 16.1. The van der Waals surface area contributed by atoms with Gasteiger partial charge in [-0.05, 0) is 68.2 Å². The highest BCUT2D eigenvalue weighted by atomic mass is 35.5. The fourth-order valence-electron chi connectivity index (χ4n) is 5.75. The molecule has 1 N–H and O–H groups in total. The molecule has 12 heteroatoms. The van der Waals surface area contributed by atoms with Gasteiger partial charge in [0, 0.05) is 35.4 Å². The molecule has 10 nitrogen and oxygen atoms in total. The number of carbonyl (C=O) groups is 2. The van der Waals surface area contributed by atoms with Crippen molar-refractivity contribution in [1.29, 1.82) is 0 Å². The molecule has 0 unspecified atom stereocenters. The molecule has 4 aromatic rings. The average molecular weight is 608 g/mol. The second-order valence-corrected chi connectivity index (χ2v) is 11.2. The maximum Gasteiger partial charge on any atom is 0.410 e. The fraction of sp³-hybridized carbons (Fsp3) is 0.355. The second kappa shape index (κ2) is 12.6. The standard InChI is InChI=1S/C31H31ClFN5O5/c32-23-5-3-22(25(33)17-23)19-43-29-24(2-1-9-34-29)20-7-10-36(11-8-20)18-28-35-26-6-4-21(30(39)40)16-27(26)38(28)13-12-37-14-15-42-31(37)41/h1-6,9,16-17,20H,7-8,10-15,18-19H2,(H,39,40). The monoisotopic (exact) mass is 607 g/mol. The minimum Gasteiger partial charge on any atom is -0.478 e. The molecule has 2 aromatic carbocycles. The number of halogens is 2. The molecule has 4 heterocycles. The number of aromatic carboxylic acids is 1. The summed E-state index contributed by atoms with van der Waals surface area (Å²) in [5, 5.41) is 9.89. The summed E-state index contributed by atoms with van der Waals surface area (Å²) in [5.41, 5.74) is 3.05. The Balaban J connectivity index is 1.14. The van der Waals surface area contributed by atoms with Crippen molar-refractivity contribution in [3.63, 3.8) is 0 Å². The van der Waals surface area contributed by atoms with Gasteiger partial charge in [0.25, 0.3) is 0 Å². The molecular formula is C31H31ClFN5O5. The van der Waals surface area contributed by atoms with Crippen LogP contribution in [0, 0.1) is 5.82 Å². The zero-order valence-corrected chi connectivity index (χ0v) is 24.2. The van der Waals surface area contributed by atoms with Crippen molar-refractivity contribution in [2.45, 2.75) is 38.5 Å². The van der Waals surface area contributed by atoms with E-state index in [1.165, 1.54) is 6.07 Å². The van der Waals surface area contributed by atoms with Gasteiger partial charge in [-0.2, -0.15) is 0 Å². The highest BCUT2D eigenvalue weighted by Gasteiger charge is 2.27. The molecule has 2 aliphatic rings. The van der Waals surface area contributed by atoms with E-state index in [0.717, 1.165) is 42.8 Å². The van der Waals surface area contributed by atoms with Crippen LogP contribution in [0.5, 0.6) is 5.88 Å². The Morgan fingerprint density at radius 3 is 2.70 bits per heavy atom. The molecular weight excluding hydrogens is 577 g/mol. The number of imidazole rings is 1. The van der Waals surface area contributed by atoms with E-state index in [9.17, 15) is 19.1 Å². The fourth-order valence-corrected chi connectivity index (χ4v) is 5.91. The van der Waals surface area contributed by atoms with E-state index < -0.39 is 11.8 Å². The molecule has 0 radical (unpaired) electrons. The van der Waals surface area contributed by atoms with Crippen molar-refractivity contribution in [2.24, 2.45) is 0 Å². The number of carbonyl (C=O) groups excluding carboxylic acids is 1. The van der Waals surface area contributed by atoms with E-state index in [4.69, 9.17) is 26.1 Å². The van der Waals surface area contributed by atoms with E-state index in [1.54, 1.807) is 41.4 Å². The van der Waals surface area contributed by atoms with Crippen LogP contribution in [0.25, 0.3) is 11.0 Å². The molecule has 43 heavy (non-hydrogen) atoms. The van der Waals surface area contributed by atoms with Gasteiger partial charge in [0.15, 0.2) is 0 Å². The van der Waals surface area contributed by atoms with Crippen LogP contribution in [0.2, 0.25) is 5.02 Å². The molecule has 6 rings (SSSR count). The molecule has 0 spiro atoms. The maximum atomic E-state index is 14.3. The molecule has 2 aliphatic heterocycles. The third-order valence-electron chi connectivity index (χ3n) is 8.09. The smallest absolute Gasteiger partial charge is 0.410 e. The van der Waals surface area contributed by atoms with Gasteiger partial charge in [-0.3, -0.25) is 4.90 Å². The van der Waals surface area contributed by atoms with E-state index in [2.05, 4.69) is 9.88 Å². The van der Waals surface area contributed by atoms with Crippen molar-refractivity contribution >= 4 is 34.7 Å². The van der Waals surface area contributed by atoms with Crippen LogP contribution in [0.15, 0.2) is 54.7 Å². The van der Waals surface area contributed by atoms with Gasteiger partial charge < -0.3 is 24.0 Å². The minimum atomic E-state index is -1.00. The number of ether oxygens (including phenoxy) is 2. The highest BCUT2D eigenvalue weighted by molar-refractivity contribution is 6.30. The van der Waals surface area contributed by atoms with Crippen LogP contribution in [0.3, 0.4) is 0 Å². The lowest BCUT2D eigenvalue weighted by molar-refractivity contribution is 0.0697. The number of rotatable bonds is 10. The lowest BCUT2D eigenvalue weighted by atomic mass is 9.90. The van der Waals surface area contributed by atoms with E-state index >= 15 is 0 Å². The first-order chi connectivity index (χ1) is 20.9. The molecule has 0 bridgehead atoms. The van der Waals surface area contributed by atoms with Gasteiger partial charge in [-0.1, -0.05) is 23.7 Å². The Morgan fingerprint density at radius 1 is 1.12 bits per heavy atom. The van der Waals surface area contributed by atoms with Crippen LogP contribution < -0.4 is 4.74 Å². The summed E-state index contributed by atoms with van der Waals surface area (Å²) in [6, 6.07) is 13.4. The SMILES string of the molecule is O=C(O)c1ccc2nc(CN3CCC(c4cccnc4OCc4ccc(Cl)cc4F)CC3)n(CCN3CCOC3=O)c2c1.